The van der Waals surface area contributed by atoms with Crippen LogP contribution in [0.2, 0.25) is 0 Å². The van der Waals surface area contributed by atoms with Crippen molar-refractivity contribution >= 4 is 23.4 Å². The van der Waals surface area contributed by atoms with Crippen LogP contribution < -0.4 is 21.1 Å². The van der Waals surface area contributed by atoms with Crippen molar-refractivity contribution in [1.29, 1.82) is 0 Å². The molecule has 8 heteroatoms. The fourth-order valence-corrected chi connectivity index (χ4v) is 3.48. The monoisotopic (exact) mass is 374 g/mol. The smallest absolute Gasteiger partial charge is 0.265 e. The van der Waals surface area contributed by atoms with Crippen LogP contribution >= 0.6 is 0 Å². The molecule has 2 unspecified atom stereocenters. The fourth-order valence-electron chi connectivity index (χ4n) is 3.48. The number of hydrogen-bond acceptors (Lipinski definition) is 5. The SMILES string of the molecule is CC1Oc2c(cccc2C(=O)N2CCCCC2CNC(=O)CCN)NC1=O. The highest BCUT2D eigenvalue weighted by Gasteiger charge is 2.33. The number of likely N-dealkylation sites (tertiary alicyclic amines) is 1. The molecule has 8 nitrogen and oxygen atoms in total. The number of carbonyl (C=O) groups is 3. The predicted molar refractivity (Wildman–Crippen MR) is 101 cm³/mol. The molecule has 0 aromatic heterocycles. The van der Waals surface area contributed by atoms with E-state index in [0.717, 1.165) is 19.3 Å². The Labute approximate surface area is 158 Å². The van der Waals surface area contributed by atoms with Crippen LogP contribution in [0.25, 0.3) is 0 Å². The second kappa shape index (κ2) is 8.39. The molecule has 0 spiro atoms. The number of ether oxygens (including phenoxy) is 1. The van der Waals surface area contributed by atoms with E-state index >= 15 is 0 Å². The topological polar surface area (TPSA) is 114 Å². The van der Waals surface area contributed by atoms with Crippen molar-refractivity contribution in [3.63, 3.8) is 0 Å². The van der Waals surface area contributed by atoms with Crippen LogP contribution in [-0.4, -0.2) is 54.4 Å². The minimum Gasteiger partial charge on any atom is -0.478 e. The number of fused-ring (bicyclic) bond motifs is 1. The lowest BCUT2D eigenvalue weighted by atomic mass is 9.99. The van der Waals surface area contributed by atoms with Gasteiger partial charge in [0.15, 0.2) is 11.9 Å². The van der Waals surface area contributed by atoms with Crippen molar-refractivity contribution in [2.75, 3.05) is 25.0 Å². The van der Waals surface area contributed by atoms with Crippen molar-refractivity contribution in [2.24, 2.45) is 5.73 Å². The zero-order valence-electron chi connectivity index (χ0n) is 15.5. The van der Waals surface area contributed by atoms with Crippen LogP contribution in [0.1, 0.15) is 43.0 Å². The number of carbonyl (C=O) groups excluding carboxylic acids is 3. The summed E-state index contributed by atoms with van der Waals surface area (Å²) in [5.74, 6) is -0.0722. The Bertz CT molecular complexity index is 736. The molecule has 146 valence electrons. The Hall–Kier alpha value is -2.61. The summed E-state index contributed by atoms with van der Waals surface area (Å²) < 4.78 is 5.71. The number of rotatable bonds is 5. The Morgan fingerprint density at radius 1 is 1.37 bits per heavy atom. The van der Waals surface area contributed by atoms with Gasteiger partial charge in [-0.25, -0.2) is 0 Å². The van der Waals surface area contributed by atoms with Gasteiger partial charge >= 0.3 is 0 Å². The van der Waals surface area contributed by atoms with Crippen molar-refractivity contribution in [1.82, 2.24) is 10.2 Å². The third-order valence-electron chi connectivity index (χ3n) is 4.96. The number of nitrogens with one attached hydrogen (secondary N) is 2. The molecule has 2 aliphatic rings. The van der Waals surface area contributed by atoms with E-state index in [1.165, 1.54) is 0 Å². The summed E-state index contributed by atoms with van der Waals surface area (Å²) >= 11 is 0. The Morgan fingerprint density at radius 3 is 2.96 bits per heavy atom. The first kappa shape index (κ1) is 19.2. The Kier molecular flexibility index (Phi) is 5.95. The third kappa shape index (κ3) is 4.21. The van der Waals surface area contributed by atoms with Gasteiger partial charge in [-0.1, -0.05) is 6.07 Å². The molecule has 27 heavy (non-hydrogen) atoms. The van der Waals surface area contributed by atoms with Gasteiger partial charge in [0, 0.05) is 32.1 Å². The second-order valence-corrected chi connectivity index (χ2v) is 6.92. The van der Waals surface area contributed by atoms with Crippen molar-refractivity contribution in [3.8, 4) is 5.75 Å². The Balaban J connectivity index is 1.78. The van der Waals surface area contributed by atoms with Crippen LogP contribution in [0.15, 0.2) is 18.2 Å². The maximum atomic E-state index is 13.2. The van der Waals surface area contributed by atoms with Crippen LogP contribution in [0.3, 0.4) is 0 Å². The van der Waals surface area contributed by atoms with Gasteiger partial charge in [-0.05, 0) is 38.3 Å². The number of amides is 3. The highest BCUT2D eigenvalue weighted by molar-refractivity contribution is 6.04. The molecule has 0 bridgehead atoms. The van der Waals surface area contributed by atoms with Gasteiger partial charge in [-0.15, -0.1) is 0 Å². The molecular formula is C19H26N4O4. The van der Waals surface area contributed by atoms with Gasteiger partial charge in [0.1, 0.15) is 0 Å². The molecule has 1 saturated heterocycles. The normalized spacial score (nSPS) is 21.7. The minimum absolute atomic E-state index is 0.0700. The lowest BCUT2D eigenvalue weighted by Crippen LogP contribution is -2.49. The molecule has 1 aromatic carbocycles. The average molecular weight is 374 g/mol. The summed E-state index contributed by atoms with van der Waals surface area (Å²) in [6.45, 7) is 2.99. The zero-order valence-corrected chi connectivity index (χ0v) is 15.5. The van der Waals surface area contributed by atoms with Gasteiger partial charge in [0.05, 0.1) is 11.3 Å². The van der Waals surface area contributed by atoms with Crippen molar-refractivity contribution < 1.29 is 19.1 Å². The molecule has 0 aliphatic carbocycles. The average Bonchev–Trinajstić information content (AvgIpc) is 2.67. The van der Waals surface area contributed by atoms with Crippen molar-refractivity contribution in [3.05, 3.63) is 23.8 Å². The van der Waals surface area contributed by atoms with Crippen molar-refractivity contribution in [2.45, 2.75) is 44.8 Å². The summed E-state index contributed by atoms with van der Waals surface area (Å²) in [6, 6.07) is 5.09. The number of benzene rings is 1. The maximum Gasteiger partial charge on any atom is 0.265 e. The molecule has 4 N–H and O–H groups in total. The first-order valence-corrected chi connectivity index (χ1v) is 9.39. The molecule has 0 saturated carbocycles. The van der Waals surface area contributed by atoms with Gasteiger partial charge in [-0.2, -0.15) is 0 Å². The lowest BCUT2D eigenvalue weighted by Gasteiger charge is -2.36. The van der Waals surface area contributed by atoms with E-state index in [9.17, 15) is 14.4 Å². The van der Waals surface area contributed by atoms with E-state index in [1.807, 2.05) is 0 Å². The first-order valence-electron chi connectivity index (χ1n) is 9.39. The molecule has 2 heterocycles. The number of piperidine rings is 1. The van der Waals surface area contributed by atoms with E-state index in [0.29, 0.717) is 36.6 Å². The van der Waals surface area contributed by atoms with Crippen LogP contribution in [0.4, 0.5) is 5.69 Å². The molecular weight excluding hydrogens is 348 g/mol. The van der Waals surface area contributed by atoms with E-state index in [-0.39, 0.29) is 30.2 Å². The predicted octanol–water partition coefficient (Wildman–Crippen LogP) is 0.866. The third-order valence-corrected chi connectivity index (χ3v) is 4.96. The standard InChI is InChI=1S/C19H26N4O4/c1-12-18(25)22-15-7-4-6-14(17(15)27-12)19(26)23-10-3-2-5-13(23)11-21-16(24)8-9-20/h4,6-7,12-13H,2-3,5,8-11,20H2,1H3,(H,21,24)(H,22,25). The van der Waals surface area contributed by atoms with Gasteiger partial charge in [0.2, 0.25) is 5.91 Å². The van der Waals surface area contributed by atoms with E-state index < -0.39 is 6.10 Å². The summed E-state index contributed by atoms with van der Waals surface area (Å²) in [6.07, 6.45) is 2.38. The number of anilines is 1. The minimum atomic E-state index is -0.654. The highest BCUT2D eigenvalue weighted by atomic mass is 16.5. The largest absolute Gasteiger partial charge is 0.478 e. The van der Waals surface area contributed by atoms with E-state index in [1.54, 1.807) is 30.0 Å². The van der Waals surface area contributed by atoms with Crippen LogP contribution in [0, 0.1) is 0 Å². The number of nitrogens with zero attached hydrogens (tertiary/aromatic N) is 1. The van der Waals surface area contributed by atoms with Gasteiger partial charge in [-0.3, -0.25) is 14.4 Å². The molecule has 0 radical (unpaired) electrons. The summed E-state index contributed by atoms with van der Waals surface area (Å²) in [5, 5.41) is 5.63. The summed E-state index contributed by atoms with van der Waals surface area (Å²) in [7, 11) is 0. The van der Waals surface area contributed by atoms with Crippen LogP contribution in [-0.2, 0) is 9.59 Å². The zero-order chi connectivity index (χ0) is 19.4. The summed E-state index contributed by atoms with van der Waals surface area (Å²) in [4.78, 5) is 38.6. The quantitative estimate of drug-likeness (QED) is 0.707. The Morgan fingerprint density at radius 2 is 2.19 bits per heavy atom. The first-order chi connectivity index (χ1) is 13.0. The highest BCUT2D eigenvalue weighted by Crippen LogP contribution is 2.35. The molecule has 1 fully saturated rings. The molecule has 1 aromatic rings. The van der Waals surface area contributed by atoms with E-state index in [4.69, 9.17) is 10.5 Å². The molecule has 3 rings (SSSR count). The number of para-hydroxylation sites is 1. The fraction of sp³-hybridized carbons (Fsp3) is 0.526. The summed E-state index contributed by atoms with van der Waals surface area (Å²) in [5.41, 5.74) is 6.34. The molecule has 2 aliphatic heterocycles. The molecule has 3 amide bonds. The number of hydrogen-bond donors (Lipinski definition) is 3. The van der Waals surface area contributed by atoms with Crippen LogP contribution in [0.5, 0.6) is 5.75 Å². The maximum absolute atomic E-state index is 13.2. The number of nitrogens with two attached hydrogens (primary N) is 1. The van der Waals surface area contributed by atoms with E-state index in [2.05, 4.69) is 10.6 Å². The lowest BCUT2D eigenvalue weighted by molar-refractivity contribution is -0.123. The second-order valence-electron chi connectivity index (χ2n) is 6.92. The molecule has 2 atom stereocenters. The van der Waals surface area contributed by atoms with Gasteiger partial charge < -0.3 is 26.0 Å². The van der Waals surface area contributed by atoms with Gasteiger partial charge in [0.25, 0.3) is 11.8 Å².